The predicted octanol–water partition coefficient (Wildman–Crippen LogP) is 2.59. The molecule has 0 saturated carbocycles. The van der Waals surface area contributed by atoms with Crippen LogP contribution in [-0.2, 0) is 11.2 Å². The molecule has 0 unspecified atom stereocenters. The van der Waals surface area contributed by atoms with Crippen molar-refractivity contribution in [3.05, 3.63) is 34.7 Å². The smallest absolute Gasteiger partial charge is 0.307 e. The number of hydrogen-bond donors (Lipinski definition) is 2. The van der Waals surface area contributed by atoms with Crippen molar-refractivity contribution >= 4 is 28.5 Å². The van der Waals surface area contributed by atoms with Gasteiger partial charge in [0.1, 0.15) is 5.82 Å². The van der Waals surface area contributed by atoms with Crippen LogP contribution in [0.3, 0.4) is 0 Å². The molecule has 0 radical (unpaired) electrons. The van der Waals surface area contributed by atoms with Crippen LogP contribution >= 0.6 is 11.6 Å². The van der Waals surface area contributed by atoms with Gasteiger partial charge >= 0.3 is 5.97 Å². The minimum atomic E-state index is -0.995. The molecule has 0 aliphatic heterocycles. The Balaban J connectivity index is 2.63. The minimum Gasteiger partial charge on any atom is -0.481 e. The molecule has 2 N–H and O–H groups in total. The Morgan fingerprint density at radius 3 is 2.93 bits per heavy atom. The highest BCUT2D eigenvalue weighted by molar-refractivity contribution is 6.31. The van der Waals surface area contributed by atoms with Crippen LogP contribution in [0.15, 0.2) is 18.3 Å². The number of nitrogens with one attached hydrogen (secondary N) is 1. The molecular formula is C10H7ClFNO2. The Kier molecular flexibility index (Phi) is 2.36. The van der Waals surface area contributed by atoms with Gasteiger partial charge in [-0.15, -0.1) is 0 Å². The minimum absolute atomic E-state index is 0.210. The van der Waals surface area contributed by atoms with Crippen molar-refractivity contribution in [3.63, 3.8) is 0 Å². The fourth-order valence-corrected chi connectivity index (χ4v) is 1.76. The lowest BCUT2D eigenvalue weighted by Crippen LogP contribution is -1.99. The number of carboxylic acid groups (broad SMARTS) is 1. The van der Waals surface area contributed by atoms with E-state index in [4.69, 9.17) is 16.7 Å². The first-order chi connectivity index (χ1) is 7.08. The highest BCUT2D eigenvalue weighted by Gasteiger charge is 2.12. The van der Waals surface area contributed by atoms with E-state index in [1.807, 2.05) is 0 Å². The second-order valence-corrected chi connectivity index (χ2v) is 3.63. The number of aromatic nitrogens is 1. The standard InChI is InChI=1S/C10H7ClFNO2/c11-6-2-7(12)10-5(1-9(14)15)4-13-8(10)3-6/h2-4,13H,1H2,(H,14,15). The number of halogens is 2. The van der Waals surface area contributed by atoms with Gasteiger partial charge in [0.15, 0.2) is 0 Å². The zero-order chi connectivity index (χ0) is 11.0. The molecule has 0 aliphatic rings. The average Bonchev–Trinajstić information content (AvgIpc) is 2.46. The van der Waals surface area contributed by atoms with Gasteiger partial charge in [0.05, 0.1) is 11.9 Å². The number of carbonyl (C=O) groups is 1. The molecular weight excluding hydrogens is 221 g/mol. The first kappa shape index (κ1) is 9.98. The summed E-state index contributed by atoms with van der Waals surface area (Å²) in [6, 6.07) is 2.73. The van der Waals surface area contributed by atoms with Crippen molar-refractivity contribution in [2.45, 2.75) is 6.42 Å². The fourth-order valence-electron chi connectivity index (χ4n) is 1.55. The Hall–Kier alpha value is -1.55. The van der Waals surface area contributed by atoms with Crippen molar-refractivity contribution < 1.29 is 14.3 Å². The quantitative estimate of drug-likeness (QED) is 0.829. The molecule has 0 saturated heterocycles. The van der Waals surface area contributed by atoms with Crippen molar-refractivity contribution in [1.29, 1.82) is 0 Å². The number of benzene rings is 1. The molecule has 1 aromatic heterocycles. The van der Waals surface area contributed by atoms with Gasteiger partial charge in [-0.1, -0.05) is 11.6 Å². The van der Waals surface area contributed by atoms with E-state index in [9.17, 15) is 9.18 Å². The highest BCUT2D eigenvalue weighted by Crippen LogP contribution is 2.25. The monoisotopic (exact) mass is 227 g/mol. The van der Waals surface area contributed by atoms with E-state index in [1.54, 1.807) is 6.07 Å². The fraction of sp³-hybridized carbons (Fsp3) is 0.100. The summed E-state index contributed by atoms with van der Waals surface area (Å²) in [6.45, 7) is 0. The molecule has 78 valence electrons. The van der Waals surface area contributed by atoms with Gasteiger partial charge in [-0.05, 0) is 17.7 Å². The third-order valence-corrected chi connectivity index (χ3v) is 2.34. The first-order valence-corrected chi connectivity index (χ1v) is 4.62. The predicted molar refractivity (Wildman–Crippen MR) is 54.6 cm³/mol. The largest absolute Gasteiger partial charge is 0.481 e. The second-order valence-electron chi connectivity index (χ2n) is 3.19. The maximum Gasteiger partial charge on any atom is 0.307 e. The Bertz CT molecular complexity index is 535. The van der Waals surface area contributed by atoms with Gasteiger partial charge in [-0.2, -0.15) is 0 Å². The molecule has 0 spiro atoms. The van der Waals surface area contributed by atoms with Crippen LogP contribution < -0.4 is 0 Å². The van der Waals surface area contributed by atoms with Crippen LogP contribution in [0.5, 0.6) is 0 Å². The van der Waals surface area contributed by atoms with Crippen LogP contribution in [0.2, 0.25) is 5.02 Å². The number of rotatable bonds is 2. The number of carboxylic acids is 1. The highest BCUT2D eigenvalue weighted by atomic mass is 35.5. The number of fused-ring (bicyclic) bond motifs is 1. The van der Waals surface area contributed by atoms with Crippen LogP contribution in [0.1, 0.15) is 5.56 Å². The Morgan fingerprint density at radius 1 is 1.53 bits per heavy atom. The lowest BCUT2D eigenvalue weighted by Gasteiger charge is -1.97. The van der Waals surface area contributed by atoms with Crippen LogP contribution in [0.4, 0.5) is 4.39 Å². The van der Waals surface area contributed by atoms with Crippen molar-refractivity contribution in [2.24, 2.45) is 0 Å². The molecule has 0 bridgehead atoms. The molecule has 3 nitrogen and oxygen atoms in total. The molecule has 5 heteroatoms. The summed E-state index contributed by atoms with van der Waals surface area (Å²) in [4.78, 5) is 13.3. The van der Waals surface area contributed by atoms with Crippen molar-refractivity contribution in [3.8, 4) is 0 Å². The molecule has 2 aromatic rings. The zero-order valence-electron chi connectivity index (χ0n) is 7.55. The average molecular weight is 228 g/mol. The van der Waals surface area contributed by atoms with E-state index in [-0.39, 0.29) is 11.4 Å². The summed E-state index contributed by atoms with van der Waals surface area (Å²) in [7, 11) is 0. The van der Waals surface area contributed by atoms with E-state index in [1.165, 1.54) is 12.3 Å². The molecule has 2 rings (SSSR count). The number of aromatic amines is 1. The molecule has 0 amide bonds. The van der Waals surface area contributed by atoms with Gasteiger partial charge < -0.3 is 10.1 Å². The SMILES string of the molecule is O=C(O)Cc1c[nH]c2cc(Cl)cc(F)c12. The van der Waals surface area contributed by atoms with Gasteiger partial charge in [0.25, 0.3) is 0 Å². The maximum atomic E-state index is 13.5. The zero-order valence-corrected chi connectivity index (χ0v) is 8.31. The molecule has 1 aromatic carbocycles. The van der Waals surface area contributed by atoms with Crippen LogP contribution in [-0.4, -0.2) is 16.1 Å². The Labute approximate surface area is 89.5 Å². The molecule has 15 heavy (non-hydrogen) atoms. The maximum absolute atomic E-state index is 13.5. The lowest BCUT2D eigenvalue weighted by atomic mass is 10.1. The van der Waals surface area contributed by atoms with E-state index in [0.29, 0.717) is 16.5 Å². The van der Waals surface area contributed by atoms with E-state index in [0.717, 1.165) is 0 Å². The summed E-state index contributed by atoms with van der Waals surface area (Å²) in [6.07, 6.45) is 1.27. The first-order valence-electron chi connectivity index (χ1n) is 4.24. The third-order valence-electron chi connectivity index (χ3n) is 2.12. The summed E-state index contributed by atoms with van der Waals surface area (Å²) < 4.78 is 13.5. The Morgan fingerprint density at radius 2 is 2.27 bits per heavy atom. The van der Waals surface area contributed by atoms with Crippen molar-refractivity contribution in [1.82, 2.24) is 4.98 Å². The van der Waals surface area contributed by atoms with E-state index in [2.05, 4.69) is 4.98 Å². The normalized spacial score (nSPS) is 10.8. The van der Waals surface area contributed by atoms with E-state index < -0.39 is 11.8 Å². The number of aliphatic carboxylic acids is 1. The van der Waals surface area contributed by atoms with E-state index >= 15 is 0 Å². The molecule has 1 heterocycles. The summed E-state index contributed by atoms with van der Waals surface area (Å²) in [5, 5.41) is 9.20. The lowest BCUT2D eigenvalue weighted by molar-refractivity contribution is -0.136. The van der Waals surface area contributed by atoms with Gasteiger partial charge in [0, 0.05) is 16.6 Å². The van der Waals surface area contributed by atoms with Crippen molar-refractivity contribution in [2.75, 3.05) is 0 Å². The second kappa shape index (κ2) is 3.55. The summed E-state index contributed by atoms with van der Waals surface area (Å²) in [5.74, 6) is -1.50. The molecule has 0 atom stereocenters. The molecule has 0 aliphatic carbocycles. The van der Waals surface area contributed by atoms with Crippen LogP contribution in [0, 0.1) is 5.82 Å². The van der Waals surface area contributed by atoms with Gasteiger partial charge in [-0.25, -0.2) is 4.39 Å². The van der Waals surface area contributed by atoms with Gasteiger partial charge in [-0.3, -0.25) is 4.79 Å². The number of H-pyrrole nitrogens is 1. The van der Waals surface area contributed by atoms with Crippen LogP contribution in [0.25, 0.3) is 10.9 Å². The third kappa shape index (κ3) is 1.80. The summed E-state index contributed by atoms with van der Waals surface area (Å²) >= 11 is 5.66. The number of hydrogen-bond acceptors (Lipinski definition) is 1. The summed E-state index contributed by atoms with van der Waals surface area (Å²) in [5.41, 5.74) is 0.933. The van der Waals surface area contributed by atoms with Gasteiger partial charge in [0.2, 0.25) is 0 Å². The topological polar surface area (TPSA) is 53.1 Å². The molecule has 0 fully saturated rings.